The third-order valence-electron chi connectivity index (χ3n) is 5.33. The zero-order chi connectivity index (χ0) is 35.9. The van der Waals surface area contributed by atoms with Gasteiger partial charge in [0.1, 0.15) is 17.9 Å². The number of halogens is 3. The minimum absolute atomic E-state index is 0.109. The van der Waals surface area contributed by atoms with E-state index in [1.165, 1.54) is 0 Å². The van der Waals surface area contributed by atoms with Crippen molar-refractivity contribution < 1.29 is 37.4 Å². The molecule has 0 rings (SSSR count). The maximum absolute atomic E-state index is 11.8. The number of nitrogens with one attached hydrogen (secondary N) is 3. The maximum atomic E-state index is 11.8. The van der Waals surface area contributed by atoms with Gasteiger partial charge in [-0.05, 0) is 87.2 Å². The number of hydrogen-bond acceptors (Lipinski definition) is 11. The molecule has 0 aliphatic heterocycles. The summed E-state index contributed by atoms with van der Waals surface area (Å²) in [6.07, 6.45) is 3.57. The van der Waals surface area contributed by atoms with Gasteiger partial charge in [0.25, 0.3) is 0 Å². The summed E-state index contributed by atoms with van der Waals surface area (Å²) in [5, 5.41) is 9.36. The van der Waals surface area contributed by atoms with Crippen LogP contribution in [0.15, 0.2) is 0 Å². The van der Waals surface area contributed by atoms with Gasteiger partial charge in [0.15, 0.2) is 0 Å². The molecule has 0 aliphatic carbocycles. The molecule has 0 saturated carbocycles. The number of esters is 2. The van der Waals surface area contributed by atoms with Gasteiger partial charge in [-0.25, -0.2) is 0 Å². The molecule has 3 unspecified atom stereocenters. The number of ketones is 1. The van der Waals surface area contributed by atoms with Gasteiger partial charge < -0.3 is 23.0 Å². The molecule has 0 aromatic heterocycles. The van der Waals surface area contributed by atoms with Crippen LogP contribution in [0.4, 0.5) is 0 Å². The average Bonchev–Trinajstić information content (AvgIpc) is 2.97. The van der Waals surface area contributed by atoms with E-state index in [0.717, 1.165) is 12.8 Å². The second kappa shape index (κ2) is 35.4. The molecular formula is C29H61Cl3N3O8P3. The van der Waals surface area contributed by atoms with Crippen molar-refractivity contribution in [2.45, 2.75) is 105 Å². The van der Waals surface area contributed by atoms with Crippen LogP contribution in [-0.4, -0.2) is 106 Å². The fraction of sp³-hybridized carbons (Fsp3) is 0.897. The predicted octanol–water partition coefficient (Wildman–Crippen LogP) is 7.54. The molecule has 276 valence electrons. The third-order valence-corrected chi connectivity index (χ3v) is 9.95. The number of carbonyl (C=O) groups is 3. The maximum Gasteiger partial charge on any atom is 0.323 e. The van der Waals surface area contributed by atoms with Crippen LogP contribution in [0.5, 0.6) is 0 Å². The van der Waals surface area contributed by atoms with Gasteiger partial charge in [-0.3, -0.25) is 29.6 Å². The Bertz CT molecular complexity index is 755. The van der Waals surface area contributed by atoms with Crippen LogP contribution < -0.4 is 15.3 Å². The zero-order valence-corrected chi connectivity index (χ0v) is 34.5. The molecule has 0 bridgehead atoms. The number of unbranched alkanes of at least 4 members (excludes halogenated alkanes) is 1. The second-order valence-corrected chi connectivity index (χ2v) is 15.5. The highest BCUT2D eigenvalue weighted by Gasteiger charge is 2.23. The predicted molar refractivity (Wildman–Crippen MR) is 198 cm³/mol. The molecule has 11 nitrogen and oxygen atoms in total. The highest BCUT2D eigenvalue weighted by molar-refractivity contribution is 7.50. The number of ether oxygens (including phenoxy) is 2. The number of hydrogen-bond donors (Lipinski definition) is 3. The van der Waals surface area contributed by atoms with Crippen LogP contribution in [0, 0.1) is 0 Å². The monoisotopic (exact) mass is 777 g/mol. The Labute approximate surface area is 298 Å². The Hall–Kier alpha value is 0.530. The fourth-order valence-corrected chi connectivity index (χ4v) is 7.38. The Balaban J connectivity index is -0.000000609. The topological polar surface area (TPSA) is 133 Å². The lowest BCUT2D eigenvalue weighted by Crippen LogP contribution is -2.36. The highest BCUT2D eigenvalue weighted by atomic mass is 35.5. The molecule has 46 heavy (non-hydrogen) atoms. The fourth-order valence-electron chi connectivity index (χ4n) is 3.24. The minimum atomic E-state index is -0.798. The van der Waals surface area contributed by atoms with E-state index in [9.17, 15) is 14.4 Å². The minimum Gasteiger partial charge on any atom is -0.465 e. The number of alkyl halides is 3. The number of carbonyl (C=O) groups excluding carboxylic acids is 3. The van der Waals surface area contributed by atoms with Gasteiger partial charge in [0, 0.05) is 37.5 Å². The van der Waals surface area contributed by atoms with E-state index in [0.29, 0.717) is 63.3 Å². The summed E-state index contributed by atoms with van der Waals surface area (Å²) >= 11 is 16.9. The SMILES string of the molecule is CCCCOC(=O)[C@H](CCCl)NP(C)OCC.CCOP(C)N[C@@H](CCCl)C(=O)OC(C)C.CCOP(C)N[C@@H](CCCl)C(C)=O. The first kappa shape index (κ1) is 50.9. The normalized spacial score (nSPS) is 14.8. The van der Waals surface area contributed by atoms with Gasteiger partial charge in [-0.2, -0.15) is 0 Å². The number of rotatable bonds is 25. The van der Waals surface area contributed by atoms with Crippen molar-refractivity contribution in [3.8, 4) is 0 Å². The summed E-state index contributed by atoms with van der Waals surface area (Å²) in [6.45, 7) is 21.3. The molecule has 0 saturated heterocycles. The van der Waals surface area contributed by atoms with Crippen molar-refractivity contribution in [1.29, 1.82) is 0 Å². The van der Waals surface area contributed by atoms with Crippen LogP contribution in [0.2, 0.25) is 0 Å². The summed E-state index contributed by atoms with van der Waals surface area (Å²) < 4.78 is 26.4. The van der Waals surface area contributed by atoms with E-state index in [1.807, 2.05) is 54.6 Å². The van der Waals surface area contributed by atoms with Crippen LogP contribution >= 0.6 is 59.7 Å². The van der Waals surface area contributed by atoms with Crippen LogP contribution in [0.3, 0.4) is 0 Å². The highest BCUT2D eigenvalue weighted by Crippen LogP contribution is 2.29. The smallest absolute Gasteiger partial charge is 0.323 e. The van der Waals surface area contributed by atoms with Crippen molar-refractivity contribution in [3.05, 3.63) is 0 Å². The molecule has 0 amide bonds. The average molecular weight is 779 g/mol. The summed E-state index contributed by atoms with van der Waals surface area (Å²) in [7, 11) is -2.28. The molecule has 0 aromatic rings. The van der Waals surface area contributed by atoms with E-state index in [-0.39, 0.29) is 42.0 Å². The van der Waals surface area contributed by atoms with Gasteiger partial charge in [-0.15, -0.1) is 34.8 Å². The van der Waals surface area contributed by atoms with Crippen LogP contribution in [0.1, 0.15) is 80.6 Å². The molecule has 0 spiro atoms. The summed E-state index contributed by atoms with van der Waals surface area (Å²) in [6, 6.07) is -0.880. The Morgan fingerprint density at radius 3 is 1.35 bits per heavy atom. The van der Waals surface area contributed by atoms with Crippen molar-refractivity contribution in [2.24, 2.45) is 0 Å². The molecule has 6 atom stereocenters. The van der Waals surface area contributed by atoms with E-state index in [4.69, 9.17) is 57.8 Å². The summed E-state index contributed by atoms with van der Waals surface area (Å²) in [5.41, 5.74) is 0. The van der Waals surface area contributed by atoms with Crippen molar-refractivity contribution in [1.82, 2.24) is 15.3 Å². The molecular weight excluding hydrogens is 718 g/mol. The third kappa shape index (κ3) is 31.8. The lowest BCUT2D eigenvalue weighted by Gasteiger charge is -2.21. The Kier molecular flexibility index (Phi) is 39.1. The molecule has 0 aromatic carbocycles. The molecule has 0 fully saturated rings. The molecule has 0 heterocycles. The van der Waals surface area contributed by atoms with E-state index >= 15 is 0 Å². The van der Waals surface area contributed by atoms with Crippen LogP contribution in [0.25, 0.3) is 0 Å². The molecule has 3 N–H and O–H groups in total. The van der Waals surface area contributed by atoms with Crippen molar-refractivity contribution in [3.63, 3.8) is 0 Å². The molecule has 0 aliphatic rings. The number of Topliss-reactive ketones (excluding diaryl/α,β-unsaturated/α-hetero) is 1. The van der Waals surface area contributed by atoms with Gasteiger partial charge in [0.05, 0.1) is 43.7 Å². The lowest BCUT2D eigenvalue weighted by atomic mass is 10.2. The van der Waals surface area contributed by atoms with Crippen molar-refractivity contribution >= 4 is 77.4 Å². The molecule has 0 radical (unpaired) electrons. The largest absolute Gasteiger partial charge is 0.465 e. The van der Waals surface area contributed by atoms with E-state index in [2.05, 4.69) is 22.2 Å². The summed E-state index contributed by atoms with van der Waals surface area (Å²) in [5.74, 6) is 0.968. The standard InChI is InChI=1S/C11H23ClNO3P.C10H21ClNO3P.C8H17ClNO2P/c1-4-6-9-15-11(14)10(7-8-12)13-17(3)16-5-2;1-5-14-16(4)12-9(6-7-11)10(13)15-8(2)3;1-4-12-13(3)10-8(5-6-9)7(2)11/h10,13H,4-9H2,1-3H3;8-9,12H,5-7H2,1-4H3;8,10H,4-6H2,1-3H3/t10-,17?;9-,16?;8-,13?/m000/s1. The first-order chi connectivity index (χ1) is 21.8. The van der Waals surface area contributed by atoms with Gasteiger partial charge >= 0.3 is 11.9 Å². The first-order valence-electron chi connectivity index (χ1n) is 15.7. The van der Waals surface area contributed by atoms with Gasteiger partial charge in [-0.1, -0.05) is 13.3 Å². The second-order valence-electron chi connectivity index (χ2n) is 9.84. The first-order valence-corrected chi connectivity index (χ1v) is 22.4. The summed E-state index contributed by atoms with van der Waals surface area (Å²) in [4.78, 5) is 34.6. The Morgan fingerprint density at radius 1 is 0.652 bits per heavy atom. The van der Waals surface area contributed by atoms with E-state index in [1.54, 1.807) is 6.92 Å². The lowest BCUT2D eigenvalue weighted by molar-refractivity contribution is -0.149. The zero-order valence-electron chi connectivity index (χ0n) is 29.5. The quantitative estimate of drug-likeness (QED) is 0.0368. The van der Waals surface area contributed by atoms with E-state index < -0.39 is 24.9 Å². The van der Waals surface area contributed by atoms with Crippen LogP contribution in [-0.2, 0) is 37.4 Å². The molecule has 17 heteroatoms. The Morgan fingerprint density at radius 2 is 1.02 bits per heavy atom. The van der Waals surface area contributed by atoms with Gasteiger partial charge in [0.2, 0.25) is 0 Å². The van der Waals surface area contributed by atoms with Crippen molar-refractivity contribution in [2.75, 3.05) is 64.1 Å².